The average Bonchev–Trinajstić information content (AvgIpc) is 2.81. The third-order valence-electron chi connectivity index (χ3n) is 1.86. The highest BCUT2D eigenvalue weighted by molar-refractivity contribution is 5.60. The number of nitrogen functional groups attached to an aromatic ring is 1. The summed E-state index contributed by atoms with van der Waals surface area (Å²) < 4.78 is 0. The molecule has 3 N–H and O–H groups in total. The van der Waals surface area contributed by atoms with Crippen molar-refractivity contribution < 1.29 is 0 Å². The number of nitrogens with one attached hydrogen (secondary N) is 1. The molecule has 1 aromatic heterocycles. The third-order valence-corrected chi connectivity index (χ3v) is 1.86. The molecule has 0 radical (unpaired) electrons. The molecular weight excluding hydrogens is 152 g/mol. The van der Waals surface area contributed by atoms with Crippen molar-refractivity contribution >= 4 is 11.5 Å². The first kappa shape index (κ1) is 7.34. The lowest BCUT2D eigenvalue weighted by molar-refractivity contribution is 1.03. The molecule has 2 rings (SSSR count). The molecule has 1 aliphatic carbocycles. The van der Waals surface area contributed by atoms with E-state index >= 15 is 0 Å². The van der Waals surface area contributed by atoms with E-state index in [-0.39, 0.29) is 0 Å². The molecule has 0 aromatic carbocycles. The smallest absolute Gasteiger partial charge is 0.153 e. The van der Waals surface area contributed by atoms with Crippen molar-refractivity contribution in [1.29, 1.82) is 0 Å². The molecule has 4 heteroatoms. The molecular formula is C8H12N4. The van der Waals surface area contributed by atoms with Crippen molar-refractivity contribution in [3.8, 4) is 0 Å². The lowest BCUT2D eigenvalue weighted by Crippen LogP contribution is -2.07. The summed E-state index contributed by atoms with van der Waals surface area (Å²) in [5.74, 6) is 1.54. The van der Waals surface area contributed by atoms with Gasteiger partial charge in [-0.1, -0.05) is 0 Å². The zero-order valence-corrected chi connectivity index (χ0v) is 7.04. The Hall–Kier alpha value is -1.32. The quantitative estimate of drug-likeness (QED) is 0.682. The Labute approximate surface area is 71.2 Å². The second-order valence-electron chi connectivity index (χ2n) is 3.14. The van der Waals surface area contributed by atoms with Gasteiger partial charge in [-0.2, -0.15) is 0 Å². The fraction of sp³-hybridized carbons (Fsp3) is 0.500. The van der Waals surface area contributed by atoms with Gasteiger partial charge in [-0.15, -0.1) is 0 Å². The minimum absolute atomic E-state index is 0.585. The molecule has 0 aliphatic heterocycles. The van der Waals surface area contributed by atoms with Crippen molar-refractivity contribution in [2.24, 2.45) is 0 Å². The molecule has 0 saturated heterocycles. The second-order valence-corrected chi connectivity index (χ2v) is 3.14. The minimum atomic E-state index is 0.585. The van der Waals surface area contributed by atoms with Crippen molar-refractivity contribution in [2.75, 3.05) is 11.1 Å². The highest BCUT2D eigenvalue weighted by Gasteiger charge is 2.22. The Morgan fingerprint density at radius 2 is 2.33 bits per heavy atom. The van der Waals surface area contributed by atoms with E-state index < -0.39 is 0 Å². The van der Waals surface area contributed by atoms with Crippen molar-refractivity contribution in [2.45, 2.75) is 25.8 Å². The Morgan fingerprint density at radius 1 is 1.58 bits per heavy atom. The van der Waals surface area contributed by atoms with E-state index in [0.717, 1.165) is 11.6 Å². The van der Waals surface area contributed by atoms with Gasteiger partial charge in [0.05, 0.1) is 11.9 Å². The molecule has 0 spiro atoms. The SMILES string of the molecule is Cc1ncc(N)c(NC2CC2)n1. The van der Waals surface area contributed by atoms with Gasteiger partial charge in [-0.25, -0.2) is 9.97 Å². The topological polar surface area (TPSA) is 63.8 Å². The summed E-state index contributed by atoms with van der Waals surface area (Å²) in [6.07, 6.45) is 4.10. The van der Waals surface area contributed by atoms with Crippen LogP contribution in [0, 0.1) is 6.92 Å². The van der Waals surface area contributed by atoms with Crippen LogP contribution in [0.25, 0.3) is 0 Å². The average molecular weight is 164 g/mol. The number of anilines is 2. The predicted molar refractivity (Wildman–Crippen MR) is 47.8 cm³/mol. The molecule has 0 amide bonds. The summed E-state index contributed by atoms with van der Waals surface area (Å²) in [4.78, 5) is 8.20. The van der Waals surface area contributed by atoms with Crippen LogP contribution in [0.15, 0.2) is 6.20 Å². The van der Waals surface area contributed by atoms with Gasteiger partial charge in [-0.3, -0.25) is 0 Å². The van der Waals surface area contributed by atoms with E-state index in [0.29, 0.717) is 11.7 Å². The van der Waals surface area contributed by atoms with Crippen LogP contribution in [0.4, 0.5) is 11.5 Å². The molecule has 4 nitrogen and oxygen atoms in total. The van der Waals surface area contributed by atoms with Crippen LogP contribution >= 0.6 is 0 Å². The molecule has 1 heterocycles. The Balaban J connectivity index is 2.21. The number of nitrogens with zero attached hydrogens (tertiary/aromatic N) is 2. The maximum atomic E-state index is 5.68. The monoisotopic (exact) mass is 164 g/mol. The summed E-state index contributed by atoms with van der Waals surface area (Å²) in [5, 5.41) is 3.25. The zero-order chi connectivity index (χ0) is 8.55. The molecule has 0 unspecified atom stereocenters. The zero-order valence-electron chi connectivity index (χ0n) is 7.04. The molecule has 1 aliphatic rings. The van der Waals surface area contributed by atoms with Gasteiger partial charge in [0.25, 0.3) is 0 Å². The largest absolute Gasteiger partial charge is 0.394 e. The highest BCUT2D eigenvalue weighted by Crippen LogP contribution is 2.25. The Bertz CT molecular complexity index is 293. The van der Waals surface area contributed by atoms with Gasteiger partial charge in [-0.05, 0) is 19.8 Å². The molecule has 1 saturated carbocycles. The lowest BCUT2D eigenvalue weighted by Gasteiger charge is -2.06. The normalized spacial score (nSPS) is 16.1. The van der Waals surface area contributed by atoms with Crippen LogP contribution in [-0.2, 0) is 0 Å². The van der Waals surface area contributed by atoms with Gasteiger partial charge < -0.3 is 11.1 Å². The number of rotatable bonds is 2. The predicted octanol–water partition coefficient (Wildman–Crippen LogP) is 0.942. The van der Waals surface area contributed by atoms with Crippen molar-refractivity contribution in [1.82, 2.24) is 9.97 Å². The summed E-state index contributed by atoms with van der Waals surface area (Å²) in [6.45, 7) is 1.86. The summed E-state index contributed by atoms with van der Waals surface area (Å²) >= 11 is 0. The first-order valence-corrected chi connectivity index (χ1v) is 4.11. The van der Waals surface area contributed by atoms with E-state index in [2.05, 4.69) is 15.3 Å². The Kier molecular flexibility index (Phi) is 1.60. The summed E-state index contributed by atoms with van der Waals surface area (Å²) in [6, 6.07) is 0.585. The van der Waals surface area contributed by atoms with Crippen LogP contribution in [0.1, 0.15) is 18.7 Å². The maximum Gasteiger partial charge on any atom is 0.153 e. The number of hydrogen-bond donors (Lipinski definition) is 2. The Morgan fingerprint density at radius 3 is 3.00 bits per heavy atom. The fourth-order valence-electron chi connectivity index (χ4n) is 1.02. The third kappa shape index (κ3) is 1.47. The standard InChI is InChI=1S/C8H12N4/c1-5-10-4-7(9)8(11-5)12-6-2-3-6/h4,6H,2-3,9H2,1H3,(H,10,11,12). The number of nitrogens with two attached hydrogens (primary N) is 1. The van der Waals surface area contributed by atoms with E-state index in [9.17, 15) is 0 Å². The highest BCUT2D eigenvalue weighted by atomic mass is 15.1. The molecule has 1 fully saturated rings. The van der Waals surface area contributed by atoms with E-state index in [1.54, 1.807) is 6.20 Å². The fourth-order valence-corrected chi connectivity index (χ4v) is 1.02. The number of hydrogen-bond acceptors (Lipinski definition) is 4. The minimum Gasteiger partial charge on any atom is -0.394 e. The molecule has 1 aromatic rings. The summed E-state index contributed by atoms with van der Waals surface area (Å²) in [7, 11) is 0. The maximum absolute atomic E-state index is 5.68. The van der Waals surface area contributed by atoms with Crippen LogP contribution in [0.5, 0.6) is 0 Å². The molecule has 0 bridgehead atoms. The molecule has 12 heavy (non-hydrogen) atoms. The van der Waals surface area contributed by atoms with E-state index in [1.807, 2.05) is 6.92 Å². The van der Waals surface area contributed by atoms with Crippen molar-refractivity contribution in [3.63, 3.8) is 0 Å². The van der Waals surface area contributed by atoms with Gasteiger partial charge in [0.2, 0.25) is 0 Å². The van der Waals surface area contributed by atoms with Crippen molar-refractivity contribution in [3.05, 3.63) is 12.0 Å². The van der Waals surface area contributed by atoms with Gasteiger partial charge in [0.1, 0.15) is 5.82 Å². The van der Waals surface area contributed by atoms with Crippen LogP contribution in [-0.4, -0.2) is 16.0 Å². The molecule has 64 valence electrons. The van der Waals surface area contributed by atoms with Crippen LogP contribution in [0.2, 0.25) is 0 Å². The van der Waals surface area contributed by atoms with Crippen LogP contribution in [0.3, 0.4) is 0 Å². The van der Waals surface area contributed by atoms with Gasteiger partial charge >= 0.3 is 0 Å². The van der Waals surface area contributed by atoms with E-state index in [1.165, 1.54) is 12.8 Å². The first-order valence-electron chi connectivity index (χ1n) is 4.11. The first-order chi connectivity index (χ1) is 5.75. The van der Waals surface area contributed by atoms with Gasteiger partial charge in [0.15, 0.2) is 5.82 Å². The second kappa shape index (κ2) is 2.62. The van der Waals surface area contributed by atoms with E-state index in [4.69, 9.17) is 5.73 Å². The number of aryl methyl sites for hydroxylation is 1. The summed E-state index contributed by atoms with van der Waals surface area (Å²) in [5.41, 5.74) is 6.31. The molecule has 0 atom stereocenters. The number of aromatic nitrogens is 2. The van der Waals surface area contributed by atoms with Crippen LogP contribution < -0.4 is 11.1 Å². The lowest BCUT2D eigenvalue weighted by atomic mass is 10.4. The van der Waals surface area contributed by atoms with Gasteiger partial charge in [0, 0.05) is 6.04 Å².